The molecule has 9 nitrogen and oxygen atoms in total. The number of hydrogen-bond acceptors (Lipinski definition) is 8. The molecule has 5 atom stereocenters. The Bertz CT molecular complexity index is 759. The molecule has 4 aliphatic rings. The number of ketones is 2. The molecule has 0 aromatic rings. The van der Waals surface area contributed by atoms with E-state index in [2.05, 4.69) is 4.90 Å². The number of nitrogens with zero attached hydrogens (tertiary/aromatic N) is 2. The van der Waals surface area contributed by atoms with Crippen LogP contribution in [0.5, 0.6) is 0 Å². The normalized spacial score (nSPS) is 38.2. The smallest absolute Gasteiger partial charge is 0.404 e. The monoisotopic (exact) mass is 349 g/mol. The Morgan fingerprint density at radius 2 is 2.12 bits per heavy atom. The molecule has 4 rings (SSSR count). The van der Waals surface area contributed by atoms with E-state index in [1.54, 1.807) is 0 Å². The van der Waals surface area contributed by atoms with Crippen LogP contribution in [0.2, 0.25) is 0 Å². The van der Waals surface area contributed by atoms with Gasteiger partial charge in [0.2, 0.25) is 11.6 Å². The first kappa shape index (κ1) is 16.1. The van der Waals surface area contributed by atoms with Gasteiger partial charge in [-0.2, -0.15) is 0 Å². The third-order valence-electron chi connectivity index (χ3n) is 5.73. The predicted molar refractivity (Wildman–Crippen MR) is 82.9 cm³/mol. The van der Waals surface area contributed by atoms with Gasteiger partial charge in [-0.3, -0.25) is 14.5 Å². The van der Waals surface area contributed by atoms with Gasteiger partial charge in [0.25, 0.3) is 0 Å². The van der Waals surface area contributed by atoms with Gasteiger partial charge in [-0.1, -0.05) is 0 Å². The van der Waals surface area contributed by atoms with Crippen molar-refractivity contribution in [2.45, 2.75) is 17.8 Å². The van der Waals surface area contributed by atoms with Crippen molar-refractivity contribution in [1.29, 1.82) is 0 Å². The number of ether oxygens (including phenoxy) is 3. The summed E-state index contributed by atoms with van der Waals surface area (Å²) >= 11 is 0. The fourth-order valence-electron chi connectivity index (χ4n) is 4.68. The molecule has 1 aliphatic carbocycles. The standard InChI is InChI=1S/C16H19N3O6/c1-18-8-5-19-12-9(20)4-10(23-2)13(21)11(12)7(6-25-15(17)22)16(19,24-3)14(8)18/h4,7-8,14H,5-6H2,1-3H3,(H2,17,22)/t7-,8+,14+,16-,18?/m1/s1. The molecule has 3 aliphatic heterocycles. The second kappa shape index (κ2) is 5.06. The number of primary amides is 1. The Morgan fingerprint density at radius 3 is 2.72 bits per heavy atom. The zero-order chi connectivity index (χ0) is 18.1. The first-order valence-electron chi connectivity index (χ1n) is 7.94. The van der Waals surface area contributed by atoms with Gasteiger partial charge in [0.05, 0.1) is 24.8 Å². The minimum Gasteiger partial charge on any atom is -0.493 e. The van der Waals surface area contributed by atoms with E-state index in [1.165, 1.54) is 20.3 Å². The van der Waals surface area contributed by atoms with Crippen LogP contribution in [0.25, 0.3) is 0 Å². The Hall–Kier alpha value is -2.39. The third kappa shape index (κ3) is 1.82. The van der Waals surface area contributed by atoms with Crippen LogP contribution in [0.4, 0.5) is 4.79 Å². The van der Waals surface area contributed by atoms with Crippen molar-refractivity contribution in [3.05, 3.63) is 23.1 Å². The number of fused-ring (bicyclic) bond motifs is 4. The summed E-state index contributed by atoms with van der Waals surface area (Å²) < 4.78 is 16.0. The average Bonchev–Trinajstić information content (AvgIpc) is 2.96. The van der Waals surface area contributed by atoms with E-state index in [1.807, 2.05) is 11.9 Å². The molecule has 1 unspecified atom stereocenters. The molecule has 0 radical (unpaired) electrons. The van der Waals surface area contributed by atoms with Crippen LogP contribution in [0, 0.1) is 5.92 Å². The van der Waals surface area contributed by atoms with E-state index in [-0.39, 0.29) is 41.6 Å². The summed E-state index contributed by atoms with van der Waals surface area (Å²) in [5, 5.41) is 0. The molecule has 134 valence electrons. The topological polar surface area (TPSA) is 111 Å². The lowest BCUT2D eigenvalue weighted by Crippen LogP contribution is -2.55. The molecule has 0 saturated carbocycles. The molecule has 25 heavy (non-hydrogen) atoms. The molecule has 3 heterocycles. The van der Waals surface area contributed by atoms with Crippen LogP contribution in [-0.2, 0) is 23.8 Å². The van der Waals surface area contributed by atoms with Crippen molar-refractivity contribution in [3.8, 4) is 0 Å². The van der Waals surface area contributed by atoms with E-state index in [0.29, 0.717) is 12.2 Å². The summed E-state index contributed by atoms with van der Waals surface area (Å²) in [4.78, 5) is 40.6. The second-order valence-electron chi connectivity index (χ2n) is 6.60. The second-order valence-corrected chi connectivity index (χ2v) is 6.60. The molecular weight excluding hydrogens is 330 g/mol. The van der Waals surface area contributed by atoms with Crippen molar-refractivity contribution in [2.75, 3.05) is 34.4 Å². The maximum Gasteiger partial charge on any atom is 0.404 e. The summed E-state index contributed by atoms with van der Waals surface area (Å²) in [6.07, 6.45) is 0.259. The number of carbonyl (C=O) groups is 3. The predicted octanol–water partition coefficient (Wildman–Crippen LogP) is -1.01. The van der Waals surface area contributed by atoms with E-state index in [4.69, 9.17) is 19.9 Å². The summed E-state index contributed by atoms with van der Waals surface area (Å²) in [6.45, 7) is 0.418. The number of amides is 1. The van der Waals surface area contributed by atoms with Crippen molar-refractivity contribution in [3.63, 3.8) is 0 Å². The largest absolute Gasteiger partial charge is 0.493 e. The Labute approximate surface area is 143 Å². The van der Waals surface area contributed by atoms with Crippen LogP contribution < -0.4 is 5.73 Å². The summed E-state index contributed by atoms with van der Waals surface area (Å²) in [5.74, 6) is -1.35. The first-order valence-corrected chi connectivity index (χ1v) is 7.94. The Kier molecular flexibility index (Phi) is 3.26. The molecule has 2 saturated heterocycles. The fourth-order valence-corrected chi connectivity index (χ4v) is 4.68. The summed E-state index contributed by atoms with van der Waals surface area (Å²) in [7, 11) is 4.83. The lowest BCUT2D eigenvalue weighted by molar-refractivity contribution is -0.144. The molecule has 9 heteroatoms. The van der Waals surface area contributed by atoms with Gasteiger partial charge in [-0.25, -0.2) is 4.79 Å². The van der Waals surface area contributed by atoms with Gasteiger partial charge in [-0.05, 0) is 7.05 Å². The highest BCUT2D eigenvalue weighted by atomic mass is 16.6. The van der Waals surface area contributed by atoms with Crippen molar-refractivity contribution in [1.82, 2.24) is 9.80 Å². The quantitative estimate of drug-likeness (QED) is 0.508. The van der Waals surface area contributed by atoms with Gasteiger partial charge >= 0.3 is 6.09 Å². The molecule has 0 aromatic carbocycles. The van der Waals surface area contributed by atoms with Gasteiger partial charge in [0, 0.05) is 31.3 Å². The molecular formula is C16H19N3O6. The number of allylic oxidation sites excluding steroid dienone is 2. The van der Waals surface area contributed by atoms with E-state index in [0.717, 1.165) is 0 Å². The average molecular weight is 349 g/mol. The molecule has 0 bridgehead atoms. The van der Waals surface area contributed by atoms with Crippen LogP contribution in [-0.4, -0.2) is 79.7 Å². The van der Waals surface area contributed by atoms with E-state index in [9.17, 15) is 14.4 Å². The maximum absolute atomic E-state index is 12.9. The number of Topliss-reactive ketones (excluding diaryl/α,β-unsaturated/α-hetero) is 1. The van der Waals surface area contributed by atoms with Gasteiger partial charge < -0.3 is 24.8 Å². The molecule has 0 spiro atoms. The lowest BCUT2D eigenvalue weighted by Gasteiger charge is -2.40. The molecule has 2 N–H and O–H groups in total. The van der Waals surface area contributed by atoms with Crippen molar-refractivity contribution < 1.29 is 28.6 Å². The molecule has 2 fully saturated rings. The van der Waals surface area contributed by atoms with Crippen molar-refractivity contribution in [2.24, 2.45) is 11.7 Å². The Morgan fingerprint density at radius 1 is 1.40 bits per heavy atom. The van der Waals surface area contributed by atoms with Crippen LogP contribution in [0.1, 0.15) is 0 Å². The first-order chi connectivity index (χ1) is 11.9. The highest BCUT2D eigenvalue weighted by molar-refractivity contribution is 6.22. The van der Waals surface area contributed by atoms with Crippen molar-refractivity contribution >= 4 is 17.7 Å². The number of rotatable bonds is 4. The fraction of sp³-hybridized carbons (Fsp3) is 0.562. The Balaban J connectivity index is 1.82. The van der Waals surface area contributed by atoms with Crippen LogP contribution in [0.15, 0.2) is 23.1 Å². The van der Waals surface area contributed by atoms with E-state index >= 15 is 0 Å². The number of carbonyl (C=O) groups excluding carboxylic acids is 3. The number of hydrogen-bond donors (Lipinski definition) is 1. The zero-order valence-electron chi connectivity index (χ0n) is 14.1. The minimum absolute atomic E-state index is 0.00354. The molecule has 0 aromatic heterocycles. The lowest BCUT2D eigenvalue weighted by atomic mass is 9.84. The number of methoxy groups -OCH3 is 2. The SMILES string of the molecule is COC1=CC(=O)C2=C(C1=O)[C@@H](COC(N)=O)[C@@]1(OC)[C@@H]3[C@H](CN21)N3C. The number of nitrogens with two attached hydrogens (primary N) is 1. The molecule has 1 amide bonds. The van der Waals surface area contributed by atoms with Gasteiger partial charge in [0.15, 0.2) is 11.5 Å². The van der Waals surface area contributed by atoms with Gasteiger partial charge in [0.1, 0.15) is 6.61 Å². The van der Waals surface area contributed by atoms with Crippen LogP contribution in [0.3, 0.4) is 0 Å². The minimum atomic E-state index is -0.943. The number of piperazine rings is 1. The summed E-state index contributed by atoms with van der Waals surface area (Å²) in [5.41, 5.74) is 4.76. The highest BCUT2D eigenvalue weighted by Gasteiger charge is 2.75. The summed E-state index contributed by atoms with van der Waals surface area (Å²) in [6, 6.07) is 0.219. The van der Waals surface area contributed by atoms with E-state index < -0.39 is 17.7 Å². The maximum atomic E-state index is 12.9. The van der Waals surface area contributed by atoms with Gasteiger partial charge in [-0.15, -0.1) is 0 Å². The van der Waals surface area contributed by atoms with Crippen LogP contribution >= 0.6 is 0 Å². The highest BCUT2D eigenvalue weighted by Crippen LogP contribution is 2.58. The zero-order valence-corrected chi connectivity index (χ0v) is 14.1. The number of likely N-dealkylation sites (N-methyl/N-ethyl adjacent to an activating group) is 1. The third-order valence-corrected chi connectivity index (χ3v) is 5.73.